The zero-order valence-corrected chi connectivity index (χ0v) is 10.9. The first-order chi connectivity index (χ1) is 8.97. The van der Waals surface area contributed by atoms with Gasteiger partial charge in [-0.25, -0.2) is 9.78 Å². The average molecular weight is 262 g/mol. The maximum absolute atomic E-state index is 10.8. The molecule has 0 aromatic carbocycles. The van der Waals surface area contributed by atoms with E-state index in [9.17, 15) is 4.79 Å². The molecule has 7 nitrogen and oxygen atoms in total. The summed E-state index contributed by atoms with van der Waals surface area (Å²) in [5.74, 6) is -0.548. The van der Waals surface area contributed by atoms with Crippen LogP contribution in [-0.2, 0) is 0 Å². The van der Waals surface area contributed by atoms with Crippen LogP contribution in [0.5, 0.6) is 11.8 Å². The number of hydrogen-bond donors (Lipinski definition) is 1. The first kappa shape index (κ1) is 13.0. The number of aryl methyl sites for hydroxylation is 1. The molecule has 0 aliphatic rings. The molecule has 0 spiro atoms. The summed E-state index contributed by atoms with van der Waals surface area (Å²) in [5, 5.41) is 13.0. The Morgan fingerprint density at radius 3 is 2.68 bits per heavy atom. The molecule has 0 atom stereocenters. The van der Waals surface area contributed by atoms with Crippen LogP contribution in [0.4, 0.5) is 0 Å². The van der Waals surface area contributed by atoms with Crippen molar-refractivity contribution in [3.63, 3.8) is 0 Å². The van der Waals surface area contributed by atoms with Crippen LogP contribution in [0.2, 0.25) is 0 Å². The van der Waals surface area contributed by atoms with Crippen molar-refractivity contribution >= 4 is 5.97 Å². The van der Waals surface area contributed by atoms with E-state index in [0.717, 1.165) is 0 Å². The molecule has 2 aromatic heterocycles. The van der Waals surface area contributed by atoms with E-state index >= 15 is 0 Å². The molecule has 2 rings (SSSR count). The number of ether oxygens (including phenoxy) is 1. The van der Waals surface area contributed by atoms with E-state index in [-0.39, 0.29) is 17.6 Å². The van der Waals surface area contributed by atoms with Crippen LogP contribution in [-0.4, -0.2) is 30.8 Å². The largest absolute Gasteiger partial charge is 0.478 e. The predicted octanol–water partition coefficient (Wildman–Crippen LogP) is 2.05. The molecule has 0 fully saturated rings. The van der Waals surface area contributed by atoms with Crippen molar-refractivity contribution in [2.45, 2.75) is 26.8 Å². The van der Waals surface area contributed by atoms with E-state index in [1.807, 2.05) is 13.8 Å². The van der Waals surface area contributed by atoms with Gasteiger partial charge in [0.25, 0.3) is 0 Å². The van der Waals surface area contributed by atoms with Crippen molar-refractivity contribution in [2.24, 2.45) is 0 Å². The lowest BCUT2D eigenvalue weighted by Gasteiger charge is -2.04. The summed E-state index contributed by atoms with van der Waals surface area (Å²) >= 11 is 0. The maximum atomic E-state index is 10.8. The van der Waals surface area contributed by atoms with Crippen molar-refractivity contribution < 1.29 is 14.6 Å². The molecule has 2 heterocycles. The minimum Gasteiger partial charge on any atom is -0.478 e. The number of carboxylic acids is 1. The number of hydrogen-bond acceptors (Lipinski definition) is 5. The van der Waals surface area contributed by atoms with Gasteiger partial charge in [-0.05, 0) is 20.8 Å². The summed E-state index contributed by atoms with van der Waals surface area (Å²) in [4.78, 5) is 18.7. The number of nitrogens with zero attached hydrogens (tertiary/aromatic N) is 4. The molecule has 2 aromatic rings. The third kappa shape index (κ3) is 2.87. The summed E-state index contributed by atoms with van der Waals surface area (Å²) in [6.07, 6.45) is 4.52. The van der Waals surface area contributed by atoms with Crippen LogP contribution in [0.15, 0.2) is 18.6 Å². The first-order valence-electron chi connectivity index (χ1n) is 5.76. The Labute approximate surface area is 109 Å². The molecule has 1 N–H and O–H groups in total. The fourth-order valence-electron chi connectivity index (χ4n) is 1.47. The maximum Gasteiger partial charge on any atom is 0.339 e. The standard InChI is InChI=1S/C12H14N4O3/c1-7(2)16-6-9(4-14-16)19-12-13-5-10(11(17)18)8(3)15-12/h4-7H,1-3H3,(H,17,18). The highest BCUT2D eigenvalue weighted by molar-refractivity contribution is 5.88. The van der Waals surface area contributed by atoms with Gasteiger partial charge in [0.15, 0.2) is 5.75 Å². The second kappa shape index (κ2) is 5.05. The van der Waals surface area contributed by atoms with Gasteiger partial charge in [-0.1, -0.05) is 0 Å². The topological polar surface area (TPSA) is 90.1 Å². The number of aromatic carboxylic acids is 1. The van der Waals surface area contributed by atoms with Gasteiger partial charge < -0.3 is 9.84 Å². The molecule has 0 aliphatic heterocycles. The van der Waals surface area contributed by atoms with Gasteiger partial charge in [0.05, 0.1) is 23.7 Å². The molecule has 7 heteroatoms. The third-order valence-corrected chi connectivity index (χ3v) is 2.50. The lowest BCUT2D eigenvalue weighted by Crippen LogP contribution is -2.04. The van der Waals surface area contributed by atoms with E-state index in [2.05, 4.69) is 15.1 Å². The van der Waals surface area contributed by atoms with Gasteiger partial charge in [-0.15, -0.1) is 0 Å². The summed E-state index contributed by atoms with van der Waals surface area (Å²) in [5.41, 5.74) is 0.416. The van der Waals surface area contributed by atoms with Crippen LogP contribution in [0.25, 0.3) is 0 Å². The number of carboxylic acid groups (broad SMARTS) is 1. The van der Waals surface area contributed by atoms with Gasteiger partial charge >= 0.3 is 12.0 Å². The van der Waals surface area contributed by atoms with Gasteiger partial charge in [-0.3, -0.25) is 4.68 Å². The quantitative estimate of drug-likeness (QED) is 0.906. The van der Waals surface area contributed by atoms with E-state index in [1.165, 1.54) is 6.20 Å². The molecule has 0 unspecified atom stereocenters. The monoisotopic (exact) mass is 262 g/mol. The number of carbonyl (C=O) groups is 1. The molecule has 19 heavy (non-hydrogen) atoms. The van der Waals surface area contributed by atoms with Crippen molar-refractivity contribution in [1.82, 2.24) is 19.7 Å². The molecular formula is C12H14N4O3. The van der Waals surface area contributed by atoms with Crippen LogP contribution in [0.1, 0.15) is 35.9 Å². The summed E-state index contributed by atoms with van der Waals surface area (Å²) in [7, 11) is 0. The van der Waals surface area contributed by atoms with E-state index in [0.29, 0.717) is 11.4 Å². The average Bonchev–Trinajstić information content (AvgIpc) is 2.77. The van der Waals surface area contributed by atoms with Crippen LogP contribution < -0.4 is 4.74 Å². The smallest absolute Gasteiger partial charge is 0.339 e. The number of aromatic nitrogens is 4. The van der Waals surface area contributed by atoms with Gasteiger partial charge in [0, 0.05) is 12.2 Å². The summed E-state index contributed by atoms with van der Waals surface area (Å²) in [6.45, 7) is 5.59. The molecule has 0 radical (unpaired) electrons. The Morgan fingerprint density at radius 2 is 2.16 bits per heavy atom. The van der Waals surface area contributed by atoms with Crippen molar-refractivity contribution in [3.05, 3.63) is 29.8 Å². The second-order valence-corrected chi connectivity index (χ2v) is 4.31. The van der Waals surface area contributed by atoms with Crippen molar-refractivity contribution in [1.29, 1.82) is 0 Å². The van der Waals surface area contributed by atoms with Crippen molar-refractivity contribution in [3.8, 4) is 11.8 Å². The highest BCUT2D eigenvalue weighted by atomic mass is 16.5. The van der Waals surface area contributed by atoms with E-state index < -0.39 is 5.97 Å². The Kier molecular flexibility index (Phi) is 3.46. The van der Waals surface area contributed by atoms with Crippen molar-refractivity contribution in [2.75, 3.05) is 0 Å². The van der Waals surface area contributed by atoms with Crippen LogP contribution in [0.3, 0.4) is 0 Å². The highest BCUT2D eigenvalue weighted by Gasteiger charge is 2.11. The second-order valence-electron chi connectivity index (χ2n) is 4.31. The zero-order chi connectivity index (χ0) is 14.0. The summed E-state index contributed by atoms with van der Waals surface area (Å²) in [6, 6.07) is 0.334. The summed E-state index contributed by atoms with van der Waals surface area (Å²) < 4.78 is 7.17. The van der Waals surface area contributed by atoms with Gasteiger partial charge in [0.1, 0.15) is 0 Å². The zero-order valence-electron chi connectivity index (χ0n) is 10.9. The van der Waals surface area contributed by atoms with Crippen LogP contribution >= 0.6 is 0 Å². The molecule has 0 saturated carbocycles. The van der Waals surface area contributed by atoms with Crippen LogP contribution in [0, 0.1) is 6.92 Å². The fraction of sp³-hybridized carbons (Fsp3) is 0.333. The van der Waals surface area contributed by atoms with E-state index in [1.54, 1.807) is 24.0 Å². The highest BCUT2D eigenvalue weighted by Crippen LogP contribution is 2.19. The van der Waals surface area contributed by atoms with Gasteiger partial charge in [-0.2, -0.15) is 10.1 Å². The third-order valence-electron chi connectivity index (χ3n) is 2.50. The minimum atomic E-state index is -1.06. The molecule has 0 aliphatic carbocycles. The Hall–Kier alpha value is -2.44. The fourth-order valence-corrected chi connectivity index (χ4v) is 1.47. The number of rotatable bonds is 4. The minimum absolute atomic E-state index is 0.0604. The first-order valence-corrected chi connectivity index (χ1v) is 5.76. The lowest BCUT2D eigenvalue weighted by molar-refractivity contribution is 0.0695. The molecule has 0 saturated heterocycles. The molecule has 100 valence electrons. The SMILES string of the molecule is Cc1nc(Oc2cnn(C(C)C)c2)ncc1C(=O)O. The molecular weight excluding hydrogens is 248 g/mol. The Balaban J connectivity index is 2.19. The molecule has 0 bridgehead atoms. The lowest BCUT2D eigenvalue weighted by atomic mass is 10.2. The van der Waals surface area contributed by atoms with Gasteiger partial charge in [0.2, 0.25) is 0 Å². The predicted molar refractivity (Wildman–Crippen MR) is 66.4 cm³/mol. The Bertz CT molecular complexity index is 607. The Morgan fingerprint density at radius 1 is 1.42 bits per heavy atom. The normalized spacial score (nSPS) is 10.7. The molecule has 0 amide bonds. The van der Waals surface area contributed by atoms with E-state index in [4.69, 9.17) is 9.84 Å².